The molecule has 5 heteroatoms. The predicted octanol–water partition coefficient (Wildman–Crippen LogP) is 1.82. The molecule has 1 rings (SSSR count). The predicted molar refractivity (Wildman–Crippen MR) is 75.1 cm³/mol. The molecule has 1 aromatic rings. The first kappa shape index (κ1) is 16.2. The van der Waals surface area contributed by atoms with Gasteiger partial charge in [0.25, 0.3) is 0 Å². The molecule has 0 bridgehead atoms. The first-order valence-corrected chi connectivity index (χ1v) is 6.70. The van der Waals surface area contributed by atoms with Gasteiger partial charge in [0, 0.05) is 6.54 Å². The van der Waals surface area contributed by atoms with Crippen LogP contribution < -0.4 is 5.32 Å². The first-order chi connectivity index (χ1) is 9.59. The van der Waals surface area contributed by atoms with E-state index in [1.807, 2.05) is 30.3 Å². The van der Waals surface area contributed by atoms with E-state index < -0.39 is 5.97 Å². The molecule has 1 amide bonds. The fraction of sp³-hybridized carbons (Fsp3) is 0.467. The van der Waals surface area contributed by atoms with E-state index in [9.17, 15) is 9.59 Å². The molecule has 0 radical (unpaired) electrons. The van der Waals surface area contributed by atoms with Crippen molar-refractivity contribution in [2.75, 3.05) is 13.2 Å². The van der Waals surface area contributed by atoms with Gasteiger partial charge in [0.1, 0.15) is 6.61 Å². The minimum absolute atomic E-state index is 0.0172. The van der Waals surface area contributed by atoms with E-state index in [1.165, 1.54) is 0 Å². The number of carboxylic acids is 1. The lowest BCUT2D eigenvalue weighted by molar-refractivity contribution is -0.141. The van der Waals surface area contributed by atoms with Crippen LogP contribution in [-0.4, -0.2) is 30.1 Å². The Morgan fingerprint density at radius 3 is 2.65 bits per heavy atom. The maximum atomic E-state index is 11.5. The van der Waals surface area contributed by atoms with Crippen LogP contribution in [0.25, 0.3) is 0 Å². The fourth-order valence-electron chi connectivity index (χ4n) is 1.65. The van der Waals surface area contributed by atoms with E-state index in [0.717, 1.165) is 5.56 Å². The van der Waals surface area contributed by atoms with Gasteiger partial charge in [-0.15, -0.1) is 0 Å². The largest absolute Gasteiger partial charge is 0.481 e. The second kappa shape index (κ2) is 9.09. The van der Waals surface area contributed by atoms with Crippen molar-refractivity contribution in [2.45, 2.75) is 26.4 Å². The number of carbonyl (C=O) groups is 2. The van der Waals surface area contributed by atoms with Gasteiger partial charge in [0.05, 0.1) is 12.5 Å². The quantitative estimate of drug-likeness (QED) is 0.676. The van der Waals surface area contributed by atoms with Crippen LogP contribution in [0, 0.1) is 5.92 Å². The zero-order valence-corrected chi connectivity index (χ0v) is 11.7. The normalized spacial score (nSPS) is 11.8. The summed E-state index contributed by atoms with van der Waals surface area (Å²) in [6.07, 6.45) is 1.21. The molecule has 2 N–H and O–H groups in total. The van der Waals surface area contributed by atoms with E-state index in [2.05, 4.69) is 5.32 Å². The molecule has 0 heterocycles. The summed E-state index contributed by atoms with van der Waals surface area (Å²) in [5, 5.41) is 11.4. The standard InChI is InChI=1S/C15H21NO4/c1-12(15(18)19)6-5-9-16-14(17)11-20-10-13-7-3-2-4-8-13/h2-4,7-8,12H,5-6,9-11H2,1H3,(H,16,17)(H,18,19). The number of rotatable bonds is 9. The second-order valence-electron chi connectivity index (χ2n) is 4.71. The van der Waals surface area contributed by atoms with Crippen molar-refractivity contribution >= 4 is 11.9 Å². The summed E-state index contributed by atoms with van der Waals surface area (Å²) >= 11 is 0. The third-order valence-electron chi connectivity index (χ3n) is 2.90. The molecule has 1 atom stereocenters. The van der Waals surface area contributed by atoms with E-state index in [1.54, 1.807) is 6.92 Å². The third kappa shape index (κ3) is 6.89. The van der Waals surface area contributed by atoms with Crippen LogP contribution >= 0.6 is 0 Å². The van der Waals surface area contributed by atoms with Gasteiger partial charge < -0.3 is 15.2 Å². The lowest BCUT2D eigenvalue weighted by Crippen LogP contribution is -2.28. The lowest BCUT2D eigenvalue weighted by Gasteiger charge is -2.08. The third-order valence-corrected chi connectivity index (χ3v) is 2.90. The number of nitrogens with one attached hydrogen (secondary N) is 1. The second-order valence-corrected chi connectivity index (χ2v) is 4.71. The highest BCUT2D eigenvalue weighted by molar-refractivity contribution is 5.77. The summed E-state index contributed by atoms with van der Waals surface area (Å²) in [7, 11) is 0. The Bertz CT molecular complexity index is 419. The zero-order chi connectivity index (χ0) is 14.8. The SMILES string of the molecule is CC(CCCNC(=O)COCc1ccccc1)C(=O)O. The molecule has 0 saturated carbocycles. The van der Waals surface area contributed by atoms with Gasteiger partial charge in [0.2, 0.25) is 5.91 Å². The molecule has 20 heavy (non-hydrogen) atoms. The van der Waals surface area contributed by atoms with Gasteiger partial charge in [-0.05, 0) is 18.4 Å². The van der Waals surface area contributed by atoms with Crippen LogP contribution in [0.2, 0.25) is 0 Å². The molecular weight excluding hydrogens is 258 g/mol. The highest BCUT2D eigenvalue weighted by Crippen LogP contribution is 2.04. The fourth-order valence-corrected chi connectivity index (χ4v) is 1.65. The van der Waals surface area contributed by atoms with Crippen LogP contribution in [0.1, 0.15) is 25.3 Å². The summed E-state index contributed by atoms with van der Waals surface area (Å²) in [4.78, 5) is 22.1. The smallest absolute Gasteiger partial charge is 0.306 e. The minimum Gasteiger partial charge on any atom is -0.481 e. The minimum atomic E-state index is -0.803. The van der Waals surface area contributed by atoms with Crippen LogP contribution in [0.15, 0.2) is 30.3 Å². The van der Waals surface area contributed by atoms with Crippen molar-refractivity contribution in [3.63, 3.8) is 0 Å². The van der Waals surface area contributed by atoms with Crippen molar-refractivity contribution in [2.24, 2.45) is 5.92 Å². The summed E-state index contributed by atoms with van der Waals surface area (Å²) < 4.78 is 5.29. The molecule has 0 aliphatic rings. The summed E-state index contributed by atoms with van der Waals surface area (Å²) in [5.41, 5.74) is 1.02. The molecule has 0 fully saturated rings. The zero-order valence-electron chi connectivity index (χ0n) is 11.7. The number of benzene rings is 1. The summed E-state index contributed by atoms with van der Waals surface area (Å²) in [6.45, 7) is 2.56. The van der Waals surface area contributed by atoms with Gasteiger partial charge in [-0.25, -0.2) is 0 Å². The van der Waals surface area contributed by atoms with Crippen molar-refractivity contribution < 1.29 is 19.4 Å². The van der Waals surface area contributed by atoms with Crippen LogP contribution in [0.3, 0.4) is 0 Å². The number of carbonyl (C=O) groups excluding carboxylic acids is 1. The van der Waals surface area contributed by atoms with Crippen molar-refractivity contribution in [3.8, 4) is 0 Å². The monoisotopic (exact) mass is 279 g/mol. The molecular formula is C15H21NO4. The van der Waals surface area contributed by atoms with Gasteiger partial charge in [0.15, 0.2) is 0 Å². The van der Waals surface area contributed by atoms with Gasteiger partial charge in [-0.3, -0.25) is 9.59 Å². The number of ether oxygens (including phenoxy) is 1. The number of hydrogen-bond acceptors (Lipinski definition) is 3. The molecule has 5 nitrogen and oxygen atoms in total. The van der Waals surface area contributed by atoms with Crippen LogP contribution in [0.5, 0.6) is 0 Å². The molecule has 0 aliphatic heterocycles. The van der Waals surface area contributed by atoms with E-state index in [-0.39, 0.29) is 18.4 Å². The molecule has 1 aromatic carbocycles. The number of carboxylic acid groups (broad SMARTS) is 1. The Hall–Kier alpha value is -1.88. The van der Waals surface area contributed by atoms with E-state index >= 15 is 0 Å². The summed E-state index contributed by atoms with van der Waals surface area (Å²) in [5.74, 6) is -1.35. The van der Waals surface area contributed by atoms with E-state index in [0.29, 0.717) is 26.0 Å². The topological polar surface area (TPSA) is 75.6 Å². The van der Waals surface area contributed by atoms with Crippen molar-refractivity contribution in [3.05, 3.63) is 35.9 Å². The van der Waals surface area contributed by atoms with Gasteiger partial charge in [-0.1, -0.05) is 37.3 Å². The Morgan fingerprint density at radius 2 is 2.00 bits per heavy atom. The number of aliphatic carboxylic acids is 1. The first-order valence-electron chi connectivity index (χ1n) is 6.70. The van der Waals surface area contributed by atoms with E-state index in [4.69, 9.17) is 9.84 Å². The molecule has 0 aliphatic carbocycles. The van der Waals surface area contributed by atoms with Gasteiger partial charge >= 0.3 is 5.97 Å². The number of hydrogen-bond donors (Lipinski definition) is 2. The highest BCUT2D eigenvalue weighted by Gasteiger charge is 2.10. The maximum Gasteiger partial charge on any atom is 0.306 e. The Morgan fingerprint density at radius 1 is 1.30 bits per heavy atom. The molecule has 1 unspecified atom stereocenters. The summed E-state index contributed by atoms with van der Waals surface area (Å²) in [6, 6.07) is 9.63. The maximum absolute atomic E-state index is 11.5. The van der Waals surface area contributed by atoms with Crippen LogP contribution in [0.4, 0.5) is 0 Å². The Kier molecular flexibility index (Phi) is 7.35. The lowest BCUT2D eigenvalue weighted by atomic mass is 10.1. The van der Waals surface area contributed by atoms with Crippen LogP contribution in [-0.2, 0) is 20.9 Å². The van der Waals surface area contributed by atoms with Crippen molar-refractivity contribution in [1.29, 1.82) is 0 Å². The molecule has 110 valence electrons. The average molecular weight is 279 g/mol. The molecule has 0 spiro atoms. The Labute approximate surface area is 118 Å². The molecule has 0 aromatic heterocycles. The van der Waals surface area contributed by atoms with Crippen molar-refractivity contribution in [1.82, 2.24) is 5.32 Å². The highest BCUT2D eigenvalue weighted by atomic mass is 16.5. The number of amides is 1. The average Bonchev–Trinajstić information content (AvgIpc) is 2.44. The Balaban J connectivity index is 2.05. The molecule has 0 saturated heterocycles. The van der Waals surface area contributed by atoms with Gasteiger partial charge in [-0.2, -0.15) is 0 Å².